The second-order valence-corrected chi connectivity index (χ2v) is 8.47. The average molecular weight is 458 g/mol. The maximum Gasteiger partial charge on any atom is 0.336 e. The van der Waals surface area contributed by atoms with E-state index < -0.39 is 42.6 Å². The van der Waals surface area contributed by atoms with Crippen LogP contribution in [0.5, 0.6) is 0 Å². The molecule has 8 heteroatoms. The van der Waals surface area contributed by atoms with Crippen LogP contribution in [-0.4, -0.2) is 64.1 Å². The van der Waals surface area contributed by atoms with Gasteiger partial charge in [-0.15, -0.1) is 0 Å². The summed E-state index contributed by atoms with van der Waals surface area (Å²) in [7, 11) is 3.46. The average Bonchev–Trinajstić information content (AvgIpc) is 2.73. The highest BCUT2D eigenvalue weighted by Gasteiger charge is 2.42. The summed E-state index contributed by atoms with van der Waals surface area (Å²) < 4.78 is 5.53. The maximum atomic E-state index is 12.5. The van der Waals surface area contributed by atoms with Crippen molar-refractivity contribution in [2.45, 2.75) is 50.4 Å². The van der Waals surface area contributed by atoms with Crippen molar-refractivity contribution in [3.8, 4) is 0 Å². The SMILES string of the molecule is Cc1ccccc1CC(CC(OC(=O)CC(O)(CC(=O)O)C(=O)O)N(C)C)c1ccccc1. The van der Waals surface area contributed by atoms with Gasteiger partial charge in [0.25, 0.3) is 0 Å². The monoisotopic (exact) mass is 457 g/mol. The number of aliphatic carboxylic acids is 2. The number of hydrogen-bond acceptors (Lipinski definition) is 6. The molecule has 0 aromatic heterocycles. The number of nitrogens with zero attached hydrogens (tertiary/aromatic N) is 1. The molecule has 0 fully saturated rings. The molecule has 3 atom stereocenters. The van der Waals surface area contributed by atoms with E-state index in [1.54, 1.807) is 19.0 Å². The van der Waals surface area contributed by atoms with Crippen molar-refractivity contribution in [3.63, 3.8) is 0 Å². The highest BCUT2D eigenvalue weighted by atomic mass is 16.6. The van der Waals surface area contributed by atoms with Crippen molar-refractivity contribution in [2.75, 3.05) is 14.1 Å². The van der Waals surface area contributed by atoms with Gasteiger partial charge in [-0.1, -0.05) is 54.6 Å². The Balaban J connectivity index is 2.22. The van der Waals surface area contributed by atoms with Crippen LogP contribution in [0.1, 0.15) is 41.9 Å². The second kappa shape index (κ2) is 11.6. The van der Waals surface area contributed by atoms with Gasteiger partial charge in [0.2, 0.25) is 0 Å². The Bertz CT molecular complexity index is 960. The molecule has 8 nitrogen and oxygen atoms in total. The van der Waals surface area contributed by atoms with Crippen molar-refractivity contribution >= 4 is 17.9 Å². The van der Waals surface area contributed by atoms with Gasteiger partial charge in [0.05, 0.1) is 12.8 Å². The number of carbonyl (C=O) groups excluding carboxylic acids is 1. The van der Waals surface area contributed by atoms with Crippen LogP contribution < -0.4 is 0 Å². The Kier molecular flexibility index (Phi) is 9.13. The molecule has 0 spiro atoms. The first-order valence-corrected chi connectivity index (χ1v) is 10.6. The Hall–Kier alpha value is -3.23. The predicted molar refractivity (Wildman–Crippen MR) is 122 cm³/mol. The molecule has 0 aliphatic heterocycles. The minimum atomic E-state index is -2.74. The van der Waals surface area contributed by atoms with Gasteiger partial charge in [-0.3, -0.25) is 14.5 Å². The third kappa shape index (κ3) is 7.69. The Morgan fingerprint density at radius 3 is 2.12 bits per heavy atom. The summed E-state index contributed by atoms with van der Waals surface area (Å²) in [5.41, 5.74) is 0.644. The molecule has 178 valence electrons. The van der Waals surface area contributed by atoms with Crippen LogP contribution in [0.2, 0.25) is 0 Å². The lowest BCUT2D eigenvalue weighted by molar-refractivity contribution is -0.177. The standard InChI is InChI=1S/C25H31NO7/c1-17-9-7-8-12-19(17)13-20(18-10-5-4-6-11-18)14-21(26(2)3)33-23(29)16-25(32,24(30)31)15-22(27)28/h4-12,20-21,32H,13-16H2,1-3H3,(H,27,28)(H,30,31). The summed E-state index contributed by atoms with van der Waals surface area (Å²) >= 11 is 0. The van der Waals surface area contributed by atoms with E-state index in [1.165, 1.54) is 0 Å². The first-order chi connectivity index (χ1) is 15.5. The van der Waals surface area contributed by atoms with Crippen molar-refractivity contribution in [1.29, 1.82) is 0 Å². The summed E-state index contributed by atoms with van der Waals surface area (Å²) in [6.45, 7) is 2.04. The Morgan fingerprint density at radius 1 is 0.970 bits per heavy atom. The van der Waals surface area contributed by atoms with Crippen LogP contribution in [-0.2, 0) is 25.5 Å². The van der Waals surface area contributed by atoms with Crippen LogP contribution in [0.4, 0.5) is 0 Å². The Morgan fingerprint density at radius 2 is 1.58 bits per heavy atom. The highest BCUT2D eigenvalue weighted by molar-refractivity contribution is 5.88. The summed E-state index contributed by atoms with van der Waals surface area (Å²) in [5.74, 6) is -4.31. The molecule has 0 aliphatic carbocycles. The van der Waals surface area contributed by atoms with Crippen LogP contribution in [0.15, 0.2) is 54.6 Å². The fraction of sp³-hybridized carbons (Fsp3) is 0.400. The number of hydrogen-bond donors (Lipinski definition) is 3. The molecule has 3 unspecified atom stereocenters. The number of aryl methyl sites for hydroxylation is 1. The summed E-state index contributed by atoms with van der Waals surface area (Å²) in [6.07, 6.45) is -1.66. The molecule has 0 radical (unpaired) electrons. The van der Waals surface area contributed by atoms with Crippen LogP contribution in [0.25, 0.3) is 0 Å². The lowest BCUT2D eigenvalue weighted by atomic mass is 9.87. The van der Waals surface area contributed by atoms with E-state index in [0.29, 0.717) is 12.8 Å². The predicted octanol–water partition coefficient (Wildman–Crippen LogP) is 2.82. The maximum absolute atomic E-state index is 12.5. The molecule has 0 bridgehead atoms. The lowest BCUT2D eigenvalue weighted by Gasteiger charge is -2.30. The minimum Gasteiger partial charge on any atom is -0.481 e. The van der Waals surface area contributed by atoms with Gasteiger partial charge in [-0.05, 0) is 50.0 Å². The van der Waals surface area contributed by atoms with E-state index in [1.807, 2.05) is 55.5 Å². The number of esters is 1. The highest BCUT2D eigenvalue weighted by Crippen LogP contribution is 2.29. The molecule has 0 saturated carbocycles. The van der Waals surface area contributed by atoms with E-state index in [2.05, 4.69) is 6.07 Å². The fourth-order valence-electron chi connectivity index (χ4n) is 3.67. The number of carboxylic acid groups (broad SMARTS) is 2. The normalized spacial score (nSPS) is 14.8. The van der Waals surface area contributed by atoms with Gasteiger partial charge in [0.15, 0.2) is 11.8 Å². The Labute approximate surface area is 193 Å². The number of carboxylic acids is 2. The second-order valence-electron chi connectivity index (χ2n) is 8.47. The zero-order chi connectivity index (χ0) is 24.6. The van der Waals surface area contributed by atoms with Gasteiger partial charge in [-0.25, -0.2) is 4.79 Å². The van der Waals surface area contributed by atoms with Crippen molar-refractivity contribution in [3.05, 3.63) is 71.3 Å². The first-order valence-electron chi connectivity index (χ1n) is 10.6. The smallest absolute Gasteiger partial charge is 0.336 e. The number of ether oxygens (including phenoxy) is 1. The molecular formula is C25H31NO7. The molecule has 2 aromatic rings. The van der Waals surface area contributed by atoms with Crippen LogP contribution in [0, 0.1) is 6.92 Å². The lowest BCUT2D eigenvalue weighted by Crippen LogP contribution is -2.44. The summed E-state index contributed by atoms with van der Waals surface area (Å²) in [4.78, 5) is 36.6. The summed E-state index contributed by atoms with van der Waals surface area (Å²) in [6, 6.07) is 17.9. The van der Waals surface area contributed by atoms with E-state index in [4.69, 9.17) is 9.84 Å². The third-order valence-corrected chi connectivity index (χ3v) is 5.61. The van der Waals surface area contributed by atoms with Gasteiger partial charge >= 0.3 is 17.9 Å². The topological polar surface area (TPSA) is 124 Å². The first kappa shape index (κ1) is 26.0. The fourth-order valence-corrected chi connectivity index (χ4v) is 3.67. The minimum absolute atomic E-state index is 0.00937. The quantitative estimate of drug-likeness (QED) is 0.328. The van der Waals surface area contributed by atoms with Crippen molar-refractivity contribution < 1.29 is 34.4 Å². The van der Waals surface area contributed by atoms with Gasteiger partial charge in [-0.2, -0.15) is 0 Å². The molecule has 0 aliphatic rings. The van der Waals surface area contributed by atoms with E-state index in [0.717, 1.165) is 16.7 Å². The number of benzene rings is 2. The number of rotatable bonds is 12. The van der Waals surface area contributed by atoms with E-state index in [-0.39, 0.29) is 5.92 Å². The molecular weight excluding hydrogens is 426 g/mol. The van der Waals surface area contributed by atoms with Crippen LogP contribution >= 0.6 is 0 Å². The van der Waals surface area contributed by atoms with E-state index in [9.17, 15) is 24.6 Å². The summed E-state index contributed by atoms with van der Waals surface area (Å²) in [5, 5.41) is 28.3. The molecule has 2 aromatic carbocycles. The van der Waals surface area contributed by atoms with Crippen molar-refractivity contribution in [1.82, 2.24) is 4.90 Å². The van der Waals surface area contributed by atoms with Crippen LogP contribution in [0.3, 0.4) is 0 Å². The van der Waals surface area contributed by atoms with Gasteiger partial charge < -0.3 is 20.1 Å². The van der Waals surface area contributed by atoms with Crippen molar-refractivity contribution in [2.24, 2.45) is 0 Å². The van der Waals surface area contributed by atoms with E-state index >= 15 is 0 Å². The van der Waals surface area contributed by atoms with Gasteiger partial charge in [0, 0.05) is 6.42 Å². The zero-order valence-electron chi connectivity index (χ0n) is 19.1. The largest absolute Gasteiger partial charge is 0.481 e. The number of carbonyl (C=O) groups is 3. The number of aliphatic hydroxyl groups is 1. The molecule has 0 heterocycles. The van der Waals surface area contributed by atoms with Gasteiger partial charge in [0.1, 0.15) is 0 Å². The molecule has 0 amide bonds. The molecule has 0 saturated heterocycles. The molecule has 3 N–H and O–H groups in total. The zero-order valence-corrected chi connectivity index (χ0v) is 19.1. The molecule has 2 rings (SSSR count). The molecule has 33 heavy (non-hydrogen) atoms. The third-order valence-electron chi connectivity index (χ3n) is 5.61.